The van der Waals surface area contributed by atoms with Gasteiger partial charge < -0.3 is 15.4 Å². The second kappa shape index (κ2) is 9.52. The molecule has 1 aliphatic rings. The van der Waals surface area contributed by atoms with Gasteiger partial charge in [0.1, 0.15) is 5.82 Å². The Labute approximate surface area is 174 Å². The molecule has 0 bridgehead atoms. The number of nitrogens with zero attached hydrogens (tertiary/aromatic N) is 1. The number of benzene rings is 2. The van der Waals surface area contributed by atoms with Crippen LogP contribution in [-0.2, 0) is 24.5 Å². The Bertz CT molecular complexity index is 893. The van der Waals surface area contributed by atoms with Crippen LogP contribution in [0.25, 0.3) is 0 Å². The zero-order valence-corrected chi connectivity index (χ0v) is 16.7. The minimum absolute atomic E-state index is 0.0151. The Balaban J connectivity index is 1.72. The summed E-state index contributed by atoms with van der Waals surface area (Å²) in [5.41, 5.74) is 5.76. The number of anilines is 1. The number of rotatable bonds is 8. The largest absolute Gasteiger partial charge is 0.455 e. The van der Waals surface area contributed by atoms with E-state index in [9.17, 15) is 18.8 Å². The summed E-state index contributed by atoms with van der Waals surface area (Å²) in [6.45, 7) is -0.454. The lowest BCUT2D eigenvalue weighted by atomic mass is 9.79. The summed E-state index contributed by atoms with van der Waals surface area (Å²) < 4.78 is 18.7. The van der Waals surface area contributed by atoms with E-state index in [1.165, 1.54) is 29.2 Å². The quantitative estimate of drug-likeness (QED) is 0.675. The lowest BCUT2D eigenvalue weighted by molar-refractivity contribution is -0.153. The van der Waals surface area contributed by atoms with Crippen molar-refractivity contribution in [2.24, 2.45) is 5.73 Å². The second-order valence-corrected chi connectivity index (χ2v) is 7.47. The number of ether oxygens (including phenoxy) is 1. The molecular formula is C23H25FN2O4. The van der Waals surface area contributed by atoms with Gasteiger partial charge in [0.05, 0.1) is 5.41 Å². The standard InChI is InChI=1S/C23H25FN2O4/c24-18-8-10-19(11-9-18)26(15-12-20(25)27)21(28)16-30-22(29)23(13-4-5-14-23)17-6-2-1-3-7-17/h1-3,6-11H,4-5,12-16H2,(H2,25,27). The van der Waals surface area contributed by atoms with Crippen LogP contribution >= 0.6 is 0 Å². The molecule has 0 radical (unpaired) electrons. The third kappa shape index (κ3) is 4.84. The molecule has 7 heteroatoms. The summed E-state index contributed by atoms with van der Waals surface area (Å²) in [7, 11) is 0. The van der Waals surface area contributed by atoms with E-state index in [1.807, 2.05) is 30.3 Å². The van der Waals surface area contributed by atoms with Crippen molar-refractivity contribution >= 4 is 23.5 Å². The van der Waals surface area contributed by atoms with Crippen molar-refractivity contribution in [2.45, 2.75) is 37.5 Å². The molecule has 0 heterocycles. The highest BCUT2D eigenvalue weighted by Crippen LogP contribution is 2.42. The normalized spacial score (nSPS) is 14.8. The minimum Gasteiger partial charge on any atom is -0.455 e. The van der Waals surface area contributed by atoms with Gasteiger partial charge in [-0.3, -0.25) is 14.4 Å². The summed E-state index contributed by atoms with van der Waals surface area (Å²) in [6.07, 6.45) is 3.11. The van der Waals surface area contributed by atoms with E-state index in [2.05, 4.69) is 0 Å². The van der Waals surface area contributed by atoms with Gasteiger partial charge in [-0.2, -0.15) is 0 Å². The van der Waals surface area contributed by atoms with Crippen LogP contribution in [0.15, 0.2) is 54.6 Å². The number of primary amides is 1. The number of carbonyl (C=O) groups excluding carboxylic acids is 3. The van der Waals surface area contributed by atoms with Gasteiger partial charge in [-0.25, -0.2) is 4.39 Å². The number of hydrogen-bond donors (Lipinski definition) is 1. The Kier molecular flexibility index (Phi) is 6.82. The van der Waals surface area contributed by atoms with Crippen molar-refractivity contribution in [1.82, 2.24) is 0 Å². The summed E-state index contributed by atoms with van der Waals surface area (Å²) in [5, 5.41) is 0. The van der Waals surface area contributed by atoms with Gasteiger partial charge >= 0.3 is 5.97 Å². The lowest BCUT2D eigenvalue weighted by Crippen LogP contribution is -2.40. The number of carbonyl (C=O) groups is 3. The van der Waals surface area contributed by atoms with E-state index >= 15 is 0 Å². The fraction of sp³-hybridized carbons (Fsp3) is 0.348. The molecule has 0 aromatic heterocycles. The van der Waals surface area contributed by atoms with Crippen molar-refractivity contribution in [2.75, 3.05) is 18.1 Å². The van der Waals surface area contributed by atoms with Crippen LogP contribution < -0.4 is 10.6 Å². The van der Waals surface area contributed by atoms with E-state index in [1.54, 1.807) is 0 Å². The summed E-state index contributed by atoms with van der Waals surface area (Å²) in [5.74, 6) is -1.94. The van der Waals surface area contributed by atoms with E-state index < -0.39 is 35.6 Å². The summed E-state index contributed by atoms with van der Waals surface area (Å²) >= 11 is 0. The van der Waals surface area contributed by atoms with E-state index in [0.717, 1.165) is 18.4 Å². The molecule has 1 aliphatic carbocycles. The first-order valence-corrected chi connectivity index (χ1v) is 9.99. The molecular weight excluding hydrogens is 387 g/mol. The maximum Gasteiger partial charge on any atom is 0.317 e. The smallest absolute Gasteiger partial charge is 0.317 e. The molecule has 2 amide bonds. The zero-order valence-electron chi connectivity index (χ0n) is 16.7. The maximum absolute atomic E-state index is 13.2. The average molecular weight is 412 g/mol. The average Bonchev–Trinajstić information content (AvgIpc) is 3.25. The first-order chi connectivity index (χ1) is 14.4. The molecule has 158 valence electrons. The third-order valence-corrected chi connectivity index (χ3v) is 5.52. The number of nitrogens with two attached hydrogens (primary N) is 1. The predicted octanol–water partition coefficient (Wildman–Crippen LogP) is 3.09. The monoisotopic (exact) mass is 412 g/mol. The highest BCUT2D eigenvalue weighted by Gasteiger charge is 2.44. The van der Waals surface area contributed by atoms with Gasteiger partial charge in [-0.1, -0.05) is 43.2 Å². The molecule has 0 saturated heterocycles. The van der Waals surface area contributed by atoms with Crippen molar-refractivity contribution < 1.29 is 23.5 Å². The van der Waals surface area contributed by atoms with Gasteiger partial charge in [-0.15, -0.1) is 0 Å². The molecule has 30 heavy (non-hydrogen) atoms. The molecule has 0 unspecified atom stereocenters. The molecule has 2 aromatic carbocycles. The Hall–Kier alpha value is -3.22. The molecule has 2 aromatic rings. The number of halogens is 1. The minimum atomic E-state index is -0.741. The van der Waals surface area contributed by atoms with Crippen molar-refractivity contribution in [3.8, 4) is 0 Å². The van der Waals surface area contributed by atoms with Crippen LogP contribution in [0.4, 0.5) is 10.1 Å². The molecule has 3 rings (SSSR count). The predicted molar refractivity (Wildman–Crippen MR) is 110 cm³/mol. The van der Waals surface area contributed by atoms with E-state index in [0.29, 0.717) is 18.5 Å². The first-order valence-electron chi connectivity index (χ1n) is 9.99. The third-order valence-electron chi connectivity index (χ3n) is 5.52. The highest BCUT2D eigenvalue weighted by atomic mass is 19.1. The SMILES string of the molecule is NC(=O)CCN(C(=O)COC(=O)C1(c2ccccc2)CCCC1)c1ccc(F)cc1. The Morgan fingerprint density at radius 1 is 1.00 bits per heavy atom. The fourth-order valence-corrected chi connectivity index (χ4v) is 3.93. The number of hydrogen-bond acceptors (Lipinski definition) is 4. The summed E-state index contributed by atoms with van der Waals surface area (Å²) in [4.78, 5) is 38.3. The molecule has 0 aliphatic heterocycles. The van der Waals surface area contributed by atoms with Crippen molar-refractivity contribution in [1.29, 1.82) is 0 Å². The van der Waals surface area contributed by atoms with Gasteiger partial charge in [0.25, 0.3) is 5.91 Å². The molecule has 1 fully saturated rings. The second-order valence-electron chi connectivity index (χ2n) is 7.47. The van der Waals surface area contributed by atoms with Crippen LogP contribution in [-0.4, -0.2) is 30.9 Å². The highest BCUT2D eigenvalue weighted by molar-refractivity contribution is 5.96. The Morgan fingerprint density at radius 2 is 1.63 bits per heavy atom. The van der Waals surface area contributed by atoms with Gasteiger partial charge in [0.2, 0.25) is 5.91 Å². The van der Waals surface area contributed by atoms with Gasteiger partial charge in [0.15, 0.2) is 6.61 Å². The number of esters is 1. The molecule has 1 saturated carbocycles. The van der Waals surface area contributed by atoms with Crippen LogP contribution in [0.2, 0.25) is 0 Å². The lowest BCUT2D eigenvalue weighted by Gasteiger charge is -2.28. The topological polar surface area (TPSA) is 89.7 Å². The molecule has 0 atom stereocenters. The van der Waals surface area contributed by atoms with Gasteiger partial charge in [-0.05, 0) is 42.7 Å². The van der Waals surface area contributed by atoms with Crippen LogP contribution in [0.5, 0.6) is 0 Å². The van der Waals surface area contributed by atoms with Crippen molar-refractivity contribution in [3.63, 3.8) is 0 Å². The first kappa shape index (κ1) is 21.5. The van der Waals surface area contributed by atoms with Gasteiger partial charge in [0, 0.05) is 18.7 Å². The molecule has 0 spiro atoms. The summed E-state index contributed by atoms with van der Waals surface area (Å²) in [6, 6.07) is 14.8. The number of amides is 2. The zero-order chi connectivity index (χ0) is 21.6. The Morgan fingerprint density at radius 3 is 2.23 bits per heavy atom. The van der Waals surface area contributed by atoms with Crippen LogP contribution in [0.1, 0.15) is 37.7 Å². The van der Waals surface area contributed by atoms with E-state index in [-0.39, 0.29) is 13.0 Å². The van der Waals surface area contributed by atoms with Crippen LogP contribution in [0.3, 0.4) is 0 Å². The van der Waals surface area contributed by atoms with Crippen molar-refractivity contribution in [3.05, 3.63) is 66.0 Å². The maximum atomic E-state index is 13.2. The van der Waals surface area contributed by atoms with Crippen LogP contribution in [0, 0.1) is 5.82 Å². The molecule has 2 N–H and O–H groups in total. The van der Waals surface area contributed by atoms with E-state index in [4.69, 9.17) is 10.5 Å². The molecule has 6 nitrogen and oxygen atoms in total. The fourth-order valence-electron chi connectivity index (χ4n) is 3.93.